The van der Waals surface area contributed by atoms with Crippen molar-refractivity contribution in [3.05, 3.63) is 59.4 Å². The summed E-state index contributed by atoms with van der Waals surface area (Å²) in [6.45, 7) is 1.91. The van der Waals surface area contributed by atoms with Gasteiger partial charge in [-0.2, -0.15) is 0 Å². The van der Waals surface area contributed by atoms with Gasteiger partial charge >= 0.3 is 0 Å². The third kappa shape index (κ3) is 3.32. The highest BCUT2D eigenvalue weighted by Gasteiger charge is 2.15. The molecule has 112 valence electrons. The number of thiazole rings is 1. The van der Waals surface area contributed by atoms with Crippen LogP contribution in [0.3, 0.4) is 0 Å². The second-order valence-corrected chi connectivity index (χ2v) is 5.35. The number of aromatic nitrogens is 2. The Balaban J connectivity index is 1.64. The molecule has 1 aromatic carbocycles. The number of rotatable bonds is 5. The number of carbonyl (C=O) groups is 1. The highest BCUT2D eigenvalue weighted by Crippen LogP contribution is 2.25. The molecule has 0 radical (unpaired) electrons. The molecule has 2 aromatic heterocycles. The van der Waals surface area contributed by atoms with Gasteiger partial charge in [-0.15, -0.1) is 11.3 Å². The van der Waals surface area contributed by atoms with Crippen LogP contribution in [0.25, 0.3) is 0 Å². The Kier molecular flexibility index (Phi) is 4.15. The summed E-state index contributed by atoms with van der Waals surface area (Å²) in [6, 6.07) is 11.0. The van der Waals surface area contributed by atoms with Gasteiger partial charge in [0, 0.05) is 11.4 Å². The first-order chi connectivity index (χ1) is 10.7. The minimum Gasteiger partial charge on any atom is -0.484 e. The lowest BCUT2D eigenvalue weighted by Gasteiger charge is -2.12. The molecule has 3 aromatic rings. The summed E-state index contributed by atoms with van der Waals surface area (Å²) in [7, 11) is 0. The summed E-state index contributed by atoms with van der Waals surface area (Å²) < 4.78 is 10.4. The predicted molar refractivity (Wildman–Crippen MR) is 82.1 cm³/mol. The number of hydrogen-bond donors (Lipinski definition) is 1. The van der Waals surface area contributed by atoms with E-state index < -0.39 is 0 Å². The second kappa shape index (κ2) is 6.40. The molecule has 0 saturated heterocycles. The zero-order valence-corrected chi connectivity index (χ0v) is 12.5. The average Bonchev–Trinajstić information content (AvgIpc) is 3.19. The summed E-state index contributed by atoms with van der Waals surface area (Å²) in [5.74, 6) is 0.419. The van der Waals surface area contributed by atoms with E-state index >= 15 is 0 Å². The number of amides is 1. The Bertz CT molecular complexity index is 741. The van der Waals surface area contributed by atoms with Gasteiger partial charge in [0.1, 0.15) is 18.1 Å². The molecule has 0 fully saturated rings. The van der Waals surface area contributed by atoms with Crippen LogP contribution in [-0.4, -0.2) is 16.0 Å². The molecule has 0 aliphatic rings. The van der Waals surface area contributed by atoms with Crippen molar-refractivity contribution in [3.63, 3.8) is 0 Å². The summed E-state index contributed by atoms with van der Waals surface area (Å²) in [5, 5.41) is 8.59. The van der Waals surface area contributed by atoms with Gasteiger partial charge in [-0.1, -0.05) is 23.4 Å². The fourth-order valence-corrected chi connectivity index (χ4v) is 2.57. The maximum absolute atomic E-state index is 11.8. The van der Waals surface area contributed by atoms with Gasteiger partial charge < -0.3 is 9.26 Å². The Morgan fingerprint density at radius 3 is 2.86 bits per heavy atom. The summed E-state index contributed by atoms with van der Waals surface area (Å²) in [5.41, 5.74) is 0.967. The molecule has 1 atom stereocenters. The van der Waals surface area contributed by atoms with E-state index in [9.17, 15) is 4.79 Å². The minimum atomic E-state index is -0.355. The van der Waals surface area contributed by atoms with Crippen LogP contribution < -0.4 is 10.1 Å². The van der Waals surface area contributed by atoms with Crippen molar-refractivity contribution in [2.75, 3.05) is 5.32 Å². The molecule has 0 aliphatic heterocycles. The lowest BCUT2D eigenvalue weighted by atomic mass is 10.3. The third-order valence-electron chi connectivity index (χ3n) is 2.89. The van der Waals surface area contributed by atoms with E-state index in [-0.39, 0.29) is 17.7 Å². The van der Waals surface area contributed by atoms with E-state index in [1.54, 1.807) is 0 Å². The lowest BCUT2D eigenvalue weighted by Crippen LogP contribution is -2.12. The fourth-order valence-electron chi connectivity index (χ4n) is 1.78. The van der Waals surface area contributed by atoms with Crippen molar-refractivity contribution in [2.24, 2.45) is 0 Å². The molecule has 3 rings (SSSR count). The zero-order chi connectivity index (χ0) is 15.4. The normalized spacial score (nSPS) is 11.9. The number of nitrogens with one attached hydrogen (secondary N) is 1. The predicted octanol–water partition coefficient (Wildman–Crippen LogP) is 3.52. The largest absolute Gasteiger partial charge is 0.484 e. The monoisotopic (exact) mass is 315 g/mol. The highest BCUT2D eigenvalue weighted by molar-refractivity contribution is 7.14. The van der Waals surface area contributed by atoms with Crippen molar-refractivity contribution < 1.29 is 14.1 Å². The molecular formula is C15H13N3O3S. The van der Waals surface area contributed by atoms with Gasteiger partial charge in [0.15, 0.2) is 10.8 Å². The number of carbonyl (C=O) groups excluding carboxylic acids is 1. The number of ether oxygens (including phenoxy) is 1. The average molecular weight is 315 g/mol. The Labute approximate surface area is 130 Å². The quantitative estimate of drug-likeness (QED) is 0.779. The van der Waals surface area contributed by atoms with E-state index in [1.165, 1.54) is 23.7 Å². The van der Waals surface area contributed by atoms with Crippen LogP contribution in [0.4, 0.5) is 5.13 Å². The molecule has 1 N–H and O–H groups in total. The first kappa shape index (κ1) is 14.3. The van der Waals surface area contributed by atoms with Crippen molar-refractivity contribution in [1.29, 1.82) is 0 Å². The molecule has 2 heterocycles. The molecule has 0 aliphatic carbocycles. The Hall–Kier alpha value is -2.67. The van der Waals surface area contributed by atoms with E-state index in [0.717, 1.165) is 11.4 Å². The fraction of sp³-hybridized carbons (Fsp3) is 0.133. The first-order valence-corrected chi connectivity index (χ1v) is 7.49. The van der Waals surface area contributed by atoms with Crippen LogP contribution in [0, 0.1) is 0 Å². The van der Waals surface area contributed by atoms with Crippen LogP contribution in [0.1, 0.15) is 29.2 Å². The Morgan fingerprint density at radius 2 is 2.14 bits per heavy atom. The number of nitrogens with zero attached hydrogens (tertiary/aromatic N) is 2. The van der Waals surface area contributed by atoms with Gasteiger partial charge in [0.05, 0.1) is 5.69 Å². The van der Waals surface area contributed by atoms with Crippen LogP contribution >= 0.6 is 11.3 Å². The summed E-state index contributed by atoms with van der Waals surface area (Å²) >= 11 is 1.33. The van der Waals surface area contributed by atoms with E-state index in [1.807, 2.05) is 42.6 Å². The minimum absolute atomic E-state index is 0.212. The molecule has 6 nitrogen and oxygen atoms in total. The van der Waals surface area contributed by atoms with Crippen LogP contribution in [0.5, 0.6) is 5.75 Å². The molecule has 7 heteroatoms. The number of anilines is 1. The topological polar surface area (TPSA) is 77.2 Å². The molecule has 0 bridgehead atoms. The molecule has 1 amide bonds. The number of benzene rings is 1. The summed E-state index contributed by atoms with van der Waals surface area (Å²) in [6.07, 6.45) is 1.13. The molecule has 22 heavy (non-hydrogen) atoms. The van der Waals surface area contributed by atoms with Crippen molar-refractivity contribution in [1.82, 2.24) is 10.1 Å². The standard InChI is InChI=1S/C15H13N3O3S/c1-10(21-11-5-3-2-4-6-11)13-9-22-15(16-13)17-14(19)12-7-8-20-18-12/h2-10H,1H3,(H,16,17,19). The van der Waals surface area contributed by atoms with Crippen molar-refractivity contribution in [3.8, 4) is 5.75 Å². The molecular weight excluding hydrogens is 302 g/mol. The van der Waals surface area contributed by atoms with Crippen LogP contribution in [0.2, 0.25) is 0 Å². The molecule has 0 spiro atoms. The van der Waals surface area contributed by atoms with Gasteiger partial charge in [0.25, 0.3) is 5.91 Å². The van der Waals surface area contributed by atoms with E-state index in [0.29, 0.717) is 5.13 Å². The number of para-hydroxylation sites is 1. The molecule has 0 saturated carbocycles. The van der Waals surface area contributed by atoms with E-state index in [2.05, 4.69) is 20.0 Å². The van der Waals surface area contributed by atoms with Crippen LogP contribution in [0.15, 0.2) is 52.6 Å². The smallest absolute Gasteiger partial charge is 0.279 e. The van der Waals surface area contributed by atoms with Crippen LogP contribution in [-0.2, 0) is 0 Å². The van der Waals surface area contributed by atoms with Gasteiger partial charge in [0.2, 0.25) is 0 Å². The van der Waals surface area contributed by atoms with Gasteiger partial charge in [-0.25, -0.2) is 4.98 Å². The van der Waals surface area contributed by atoms with Crippen molar-refractivity contribution >= 4 is 22.4 Å². The van der Waals surface area contributed by atoms with E-state index in [4.69, 9.17) is 4.74 Å². The lowest BCUT2D eigenvalue weighted by molar-refractivity contribution is 0.101. The number of hydrogen-bond acceptors (Lipinski definition) is 6. The van der Waals surface area contributed by atoms with Gasteiger partial charge in [-0.3, -0.25) is 10.1 Å². The summed E-state index contributed by atoms with van der Waals surface area (Å²) in [4.78, 5) is 16.2. The van der Waals surface area contributed by atoms with Gasteiger partial charge in [-0.05, 0) is 19.1 Å². The van der Waals surface area contributed by atoms with Crippen molar-refractivity contribution in [2.45, 2.75) is 13.0 Å². The SMILES string of the molecule is CC(Oc1ccccc1)c1csc(NC(=O)c2ccon2)n1. The maximum atomic E-state index is 11.8. The Morgan fingerprint density at radius 1 is 1.32 bits per heavy atom. The zero-order valence-electron chi connectivity index (χ0n) is 11.7. The first-order valence-electron chi connectivity index (χ1n) is 6.61. The maximum Gasteiger partial charge on any atom is 0.279 e. The third-order valence-corrected chi connectivity index (χ3v) is 3.66. The highest BCUT2D eigenvalue weighted by atomic mass is 32.1. The molecule has 1 unspecified atom stereocenters. The second-order valence-electron chi connectivity index (χ2n) is 4.49.